The van der Waals surface area contributed by atoms with Crippen molar-refractivity contribution in [3.63, 3.8) is 0 Å². The van der Waals surface area contributed by atoms with Crippen LogP contribution in [0.25, 0.3) is 0 Å². The summed E-state index contributed by atoms with van der Waals surface area (Å²) < 4.78 is 16.8. The maximum atomic E-state index is 12.2. The molecule has 6 nitrogen and oxygen atoms in total. The molecular formula is C19H19NO5. The van der Waals surface area contributed by atoms with Crippen LogP contribution >= 0.6 is 0 Å². The highest BCUT2D eigenvalue weighted by molar-refractivity contribution is 5.96. The van der Waals surface area contributed by atoms with Gasteiger partial charge in [-0.25, -0.2) is 0 Å². The summed E-state index contributed by atoms with van der Waals surface area (Å²) in [5.74, 6) is 1.65. The highest BCUT2D eigenvalue weighted by Gasteiger charge is 2.29. The summed E-state index contributed by atoms with van der Waals surface area (Å²) in [4.78, 5) is 12.2. The van der Waals surface area contributed by atoms with Crippen LogP contribution in [0.15, 0.2) is 30.3 Å². The minimum absolute atomic E-state index is 0.0554. The Balaban J connectivity index is 1.79. The number of carbonyl (C=O) groups excluding carboxylic acids is 1. The molecule has 4 rings (SSSR count). The van der Waals surface area contributed by atoms with E-state index in [1.807, 2.05) is 25.1 Å². The molecule has 1 atom stereocenters. The Bertz CT molecular complexity index is 833. The molecule has 0 aliphatic carbocycles. The summed E-state index contributed by atoms with van der Waals surface area (Å²) in [7, 11) is 0. The van der Waals surface area contributed by atoms with Crippen LogP contribution in [0, 0.1) is 0 Å². The molecule has 2 aliphatic heterocycles. The molecule has 2 aromatic rings. The Labute approximate surface area is 145 Å². The average Bonchev–Trinajstić information content (AvgIpc) is 2.61. The number of carbonyl (C=O) groups is 1. The topological polar surface area (TPSA) is 77.0 Å². The van der Waals surface area contributed by atoms with Crippen molar-refractivity contribution < 1.29 is 24.1 Å². The van der Waals surface area contributed by atoms with Crippen molar-refractivity contribution >= 4 is 11.6 Å². The number of rotatable bonds is 3. The summed E-state index contributed by atoms with van der Waals surface area (Å²) in [6.07, 6.45) is 0.322. The number of benzene rings is 2. The number of phenols is 1. The minimum atomic E-state index is -0.139. The fraction of sp³-hybridized carbons (Fsp3) is 0.316. The lowest BCUT2D eigenvalue weighted by Crippen LogP contribution is -2.24. The summed E-state index contributed by atoms with van der Waals surface area (Å²) >= 11 is 0. The highest BCUT2D eigenvalue weighted by Crippen LogP contribution is 2.45. The number of ether oxygens (including phenoxy) is 3. The Kier molecular flexibility index (Phi) is 3.87. The smallest absolute Gasteiger partial charge is 0.225 e. The fourth-order valence-corrected chi connectivity index (χ4v) is 3.31. The van der Waals surface area contributed by atoms with Crippen molar-refractivity contribution in [3.05, 3.63) is 41.5 Å². The van der Waals surface area contributed by atoms with Crippen LogP contribution < -0.4 is 19.5 Å². The van der Waals surface area contributed by atoms with E-state index in [0.29, 0.717) is 43.5 Å². The molecule has 0 bridgehead atoms. The maximum absolute atomic E-state index is 12.2. The van der Waals surface area contributed by atoms with Gasteiger partial charge in [-0.3, -0.25) is 4.79 Å². The first-order valence-electron chi connectivity index (χ1n) is 8.35. The SMILES string of the molecule is CCOc1cc([C@H]2CC(=O)Nc3cc4c(cc32)OCCO4)ccc1O. The lowest BCUT2D eigenvalue weighted by molar-refractivity contribution is -0.116. The monoisotopic (exact) mass is 341 g/mol. The average molecular weight is 341 g/mol. The fourth-order valence-electron chi connectivity index (χ4n) is 3.31. The van der Waals surface area contributed by atoms with Crippen molar-refractivity contribution in [1.82, 2.24) is 0 Å². The maximum Gasteiger partial charge on any atom is 0.225 e. The van der Waals surface area contributed by atoms with E-state index in [-0.39, 0.29) is 17.6 Å². The van der Waals surface area contributed by atoms with Crippen molar-refractivity contribution in [2.75, 3.05) is 25.1 Å². The number of hydrogen-bond donors (Lipinski definition) is 2. The van der Waals surface area contributed by atoms with Crippen molar-refractivity contribution in [3.8, 4) is 23.0 Å². The molecule has 130 valence electrons. The van der Waals surface area contributed by atoms with E-state index < -0.39 is 0 Å². The first-order chi connectivity index (χ1) is 12.2. The predicted molar refractivity (Wildman–Crippen MR) is 91.8 cm³/mol. The van der Waals surface area contributed by atoms with Gasteiger partial charge in [0.1, 0.15) is 13.2 Å². The highest BCUT2D eigenvalue weighted by atomic mass is 16.6. The Hall–Kier alpha value is -2.89. The van der Waals surface area contributed by atoms with E-state index in [1.165, 1.54) is 0 Å². The summed E-state index contributed by atoms with van der Waals surface area (Å²) in [5.41, 5.74) is 2.61. The van der Waals surface area contributed by atoms with E-state index in [4.69, 9.17) is 14.2 Å². The van der Waals surface area contributed by atoms with Crippen LogP contribution in [0.2, 0.25) is 0 Å². The van der Waals surface area contributed by atoms with Crippen molar-refractivity contribution in [2.24, 2.45) is 0 Å². The number of phenolic OH excluding ortho intramolecular Hbond substituents is 1. The molecule has 0 spiro atoms. The molecule has 2 aromatic carbocycles. The van der Waals surface area contributed by atoms with Gasteiger partial charge >= 0.3 is 0 Å². The number of aromatic hydroxyl groups is 1. The van der Waals surface area contributed by atoms with E-state index in [0.717, 1.165) is 16.8 Å². The lowest BCUT2D eigenvalue weighted by Gasteiger charge is -2.29. The molecule has 2 aliphatic rings. The van der Waals surface area contributed by atoms with Gasteiger partial charge in [-0.1, -0.05) is 6.07 Å². The Morgan fingerprint density at radius 2 is 1.96 bits per heavy atom. The van der Waals surface area contributed by atoms with Crippen LogP contribution in [-0.2, 0) is 4.79 Å². The van der Waals surface area contributed by atoms with Gasteiger partial charge in [0.15, 0.2) is 23.0 Å². The van der Waals surface area contributed by atoms with Gasteiger partial charge in [-0.15, -0.1) is 0 Å². The van der Waals surface area contributed by atoms with Gasteiger partial charge in [0.25, 0.3) is 0 Å². The van der Waals surface area contributed by atoms with Gasteiger partial charge in [0.2, 0.25) is 5.91 Å². The molecule has 2 N–H and O–H groups in total. The molecule has 25 heavy (non-hydrogen) atoms. The van der Waals surface area contributed by atoms with Crippen molar-refractivity contribution in [2.45, 2.75) is 19.3 Å². The van der Waals surface area contributed by atoms with Gasteiger partial charge in [-0.05, 0) is 36.2 Å². The molecule has 0 unspecified atom stereocenters. The van der Waals surface area contributed by atoms with Crippen LogP contribution in [0.4, 0.5) is 5.69 Å². The van der Waals surface area contributed by atoms with Crippen LogP contribution in [0.5, 0.6) is 23.0 Å². The number of fused-ring (bicyclic) bond motifs is 2. The summed E-state index contributed by atoms with van der Waals surface area (Å²) in [6.45, 7) is 3.33. The third-order valence-corrected chi connectivity index (χ3v) is 4.44. The zero-order valence-corrected chi connectivity index (χ0v) is 13.9. The molecule has 0 saturated carbocycles. The van der Waals surface area contributed by atoms with E-state index in [2.05, 4.69) is 5.32 Å². The zero-order valence-electron chi connectivity index (χ0n) is 13.9. The molecule has 0 aromatic heterocycles. The van der Waals surface area contributed by atoms with Crippen LogP contribution in [-0.4, -0.2) is 30.8 Å². The van der Waals surface area contributed by atoms with Crippen molar-refractivity contribution in [1.29, 1.82) is 0 Å². The second-order valence-electron chi connectivity index (χ2n) is 6.05. The molecule has 2 heterocycles. The van der Waals surface area contributed by atoms with Crippen LogP contribution in [0.3, 0.4) is 0 Å². The lowest BCUT2D eigenvalue weighted by atomic mass is 9.84. The molecule has 1 amide bonds. The molecule has 0 saturated heterocycles. The normalized spacial score (nSPS) is 18.3. The predicted octanol–water partition coefficient (Wildman–Crippen LogP) is 3.04. The van der Waals surface area contributed by atoms with Crippen LogP contribution in [0.1, 0.15) is 30.4 Å². The third-order valence-electron chi connectivity index (χ3n) is 4.44. The molecule has 6 heteroatoms. The second-order valence-corrected chi connectivity index (χ2v) is 6.05. The van der Waals surface area contributed by atoms with E-state index in [1.54, 1.807) is 12.1 Å². The number of anilines is 1. The molecule has 0 fully saturated rings. The Morgan fingerprint density at radius 1 is 1.20 bits per heavy atom. The standard InChI is InChI=1S/C19H19NO5/c1-2-23-16-7-11(3-4-15(16)21)12-9-19(22)20-14-10-18-17(8-13(12)14)24-5-6-25-18/h3-4,7-8,10,12,21H,2,5-6,9H2,1H3,(H,20,22)/t12-/m1/s1. The quantitative estimate of drug-likeness (QED) is 0.897. The second kappa shape index (κ2) is 6.20. The first-order valence-corrected chi connectivity index (χ1v) is 8.35. The third kappa shape index (κ3) is 2.84. The number of amides is 1. The molecule has 0 radical (unpaired) electrons. The summed E-state index contributed by atoms with van der Waals surface area (Å²) in [6, 6.07) is 8.97. The van der Waals surface area contributed by atoms with Gasteiger partial charge in [-0.2, -0.15) is 0 Å². The minimum Gasteiger partial charge on any atom is -0.504 e. The first kappa shape index (κ1) is 15.6. The Morgan fingerprint density at radius 3 is 2.72 bits per heavy atom. The van der Waals surface area contributed by atoms with E-state index >= 15 is 0 Å². The van der Waals surface area contributed by atoms with Gasteiger partial charge in [0.05, 0.1) is 6.61 Å². The molecular weight excluding hydrogens is 322 g/mol. The van der Waals surface area contributed by atoms with Gasteiger partial charge < -0.3 is 24.6 Å². The number of nitrogens with one attached hydrogen (secondary N) is 1. The number of hydrogen-bond acceptors (Lipinski definition) is 5. The summed E-state index contributed by atoms with van der Waals surface area (Å²) in [5, 5.41) is 12.8. The van der Waals surface area contributed by atoms with E-state index in [9.17, 15) is 9.90 Å². The van der Waals surface area contributed by atoms with Gasteiger partial charge in [0, 0.05) is 24.1 Å². The zero-order chi connectivity index (χ0) is 17.4. The largest absolute Gasteiger partial charge is 0.504 e.